The maximum atomic E-state index is 11.2. The van der Waals surface area contributed by atoms with E-state index in [1.165, 1.54) is 7.11 Å². The molecule has 0 radical (unpaired) electrons. The molecule has 0 saturated carbocycles. The SMILES string of the molecule is CCS(=O)(=O)CCNC(C)C(C)C(=O)OC. The molecule has 0 fully saturated rings. The van der Waals surface area contributed by atoms with Crippen molar-refractivity contribution in [2.45, 2.75) is 26.8 Å². The summed E-state index contributed by atoms with van der Waals surface area (Å²) in [6, 6.07) is -0.0977. The number of carbonyl (C=O) groups excluding carboxylic acids is 1. The van der Waals surface area contributed by atoms with Crippen molar-refractivity contribution in [1.29, 1.82) is 0 Å². The Labute approximate surface area is 97.5 Å². The van der Waals surface area contributed by atoms with Crippen LogP contribution in [0.3, 0.4) is 0 Å². The third-order valence-electron chi connectivity index (χ3n) is 2.64. The number of hydrogen-bond donors (Lipinski definition) is 1. The van der Waals surface area contributed by atoms with Crippen molar-refractivity contribution in [2.24, 2.45) is 5.92 Å². The van der Waals surface area contributed by atoms with Gasteiger partial charge in [-0.25, -0.2) is 8.42 Å². The number of methoxy groups -OCH3 is 1. The molecule has 16 heavy (non-hydrogen) atoms. The van der Waals surface area contributed by atoms with Crippen LogP contribution in [-0.4, -0.2) is 45.6 Å². The fraction of sp³-hybridized carbons (Fsp3) is 0.900. The summed E-state index contributed by atoms with van der Waals surface area (Å²) in [6.45, 7) is 5.56. The average Bonchev–Trinajstić information content (AvgIpc) is 2.26. The lowest BCUT2D eigenvalue weighted by Gasteiger charge is -2.19. The molecule has 0 heterocycles. The standard InChI is InChI=1S/C10H21NO4S/c1-5-16(13,14)7-6-11-9(3)8(2)10(12)15-4/h8-9,11H,5-7H2,1-4H3. The van der Waals surface area contributed by atoms with Crippen molar-refractivity contribution in [2.75, 3.05) is 25.2 Å². The molecule has 0 rings (SSSR count). The van der Waals surface area contributed by atoms with Gasteiger partial charge in [-0.1, -0.05) is 13.8 Å². The molecule has 0 saturated heterocycles. The normalized spacial score (nSPS) is 15.5. The average molecular weight is 251 g/mol. The molecule has 0 aliphatic rings. The zero-order valence-electron chi connectivity index (χ0n) is 10.3. The highest BCUT2D eigenvalue weighted by Crippen LogP contribution is 2.04. The van der Waals surface area contributed by atoms with Gasteiger partial charge in [-0.3, -0.25) is 4.79 Å². The Kier molecular flexibility index (Phi) is 6.59. The Morgan fingerprint density at radius 3 is 2.38 bits per heavy atom. The Balaban J connectivity index is 3.99. The number of carbonyl (C=O) groups is 1. The lowest BCUT2D eigenvalue weighted by molar-refractivity contribution is -0.145. The third-order valence-corrected chi connectivity index (χ3v) is 4.35. The lowest BCUT2D eigenvalue weighted by atomic mass is 10.0. The summed E-state index contributed by atoms with van der Waals surface area (Å²) in [4.78, 5) is 11.2. The number of sulfone groups is 1. The van der Waals surface area contributed by atoms with E-state index in [1.807, 2.05) is 6.92 Å². The third kappa shape index (κ3) is 5.46. The zero-order chi connectivity index (χ0) is 12.8. The molecule has 0 aliphatic heterocycles. The first-order valence-corrected chi connectivity index (χ1v) is 7.17. The Hall–Kier alpha value is -0.620. The fourth-order valence-corrected chi connectivity index (χ4v) is 1.87. The predicted molar refractivity (Wildman–Crippen MR) is 63.0 cm³/mol. The molecule has 0 aromatic carbocycles. The minimum Gasteiger partial charge on any atom is -0.469 e. The number of rotatable bonds is 7. The van der Waals surface area contributed by atoms with E-state index in [0.29, 0.717) is 6.54 Å². The lowest BCUT2D eigenvalue weighted by Crippen LogP contribution is -2.39. The molecule has 0 aromatic heterocycles. The van der Waals surface area contributed by atoms with Crippen molar-refractivity contribution in [3.63, 3.8) is 0 Å². The largest absolute Gasteiger partial charge is 0.469 e. The maximum Gasteiger partial charge on any atom is 0.309 e. The van der Waals surface area contributed by atoms with Crippen molar-refractivity contribution in [3.8, 4) is 0 Å². The molecule has 1 N–H and O–H groups in total. The van der Waals surface area contributed by atoms with E-state index in [-0.39, 0.29) is 29.4 Å². The molecule has 96 valence electrons. The van der Waals surface area contributed by atoms with Crippen LogP contribution in [0.2, 0.25) is 0 Å². The van der Waals surface area contributed by atoms with Gasteiger partial charge in [-0.2, -0.15) is 0 Å². The second-order valence-corrected chi connectivity index (χ2v) is 6.26. The van der Waals surface area contributed by atoms with Crippen LogP contribution < -0.4 is 5.32 Å². The predicted octanol–water partition coefficient (Wildman–Crippen LogP) is 0.208. The smallest absolute Gasteiger partial charge is 0.309 e. The van der Waals surface area contributed by atoms with E-state index in [1.54, 1.807) is 13.8 Å². The fourth-order valence-electron chi connectivity index (χ4n) is 1.15. The van der Waals surface area contributed by atoms with E-state index in [2.05, 4.69) is 10.1 Å². The highest BCUT2D eigenvalue weighted by Gasteiger charge is 2.20. The molecule has 0 amide bonds. The topological polar surface area (TPSA) is 72.5 Å². The van der Waals surface area contributed by atoms with Gasteiger partial charge < -0.3 is 10.1 Å². The van der Waals surface area contributed by atoms with Gasteiger partial charge in [0.1, 0.15) is 0 Å². The molecule has 0 spiro atoms. The van der Waals surface area contributed by atoms with Crippen LogP contribution >= 0.6 is 0 Å². The second kappa shape index (κ2) is 6.85. The molecule has 0 bridgehead atoms. The molecule has 5 nitrogen and oxygen atoms in total. The quantitative estimate of drug-likeness (QED) is 0.655. The van der Waals surface area contributed by atoms with Crippen LogP contribution in [0.1, 0.15) is 20.8 Å². The molecule has 0 aliphatic carbocycles. The first-order chi connectivity index (χ1) is 7.34. The first kappa shape index (κ1) is 15.4. The van der Waals surface area contributed by atoms with Crippen molar-refractivity contribution >= 4 is 15.8 Å². The van der Waals surface area contributed by atoms with Gasteiger partial charge in [-0.05, 0) is 6.92 Å². The summed E-state index contributed by atoms with van der Waals surface area (Å²) in [5.41, 5.74) is 0. The molecule has 2 atom stereocenters. The molecular formula is C10H21NO4S. The van der Waals surface area contributed by atoms with Crippen molar-refractivity contribution in [3.05, 3.63) is 0 Å². The van der Waals surface area contributed by atoms with Crippen LogP contribution in [0, 0.1) is 5.92 Å². The Morgan fingerprint density at radius 1 is 1.38 bits per heavy atom. The first-order valence-electron chi connectivity index (χ1n) is 5.35. The molecule has 6 heteroatoms. The van der Waals surface area contributed by atoms with Crippen LogP contribution in [0.15, 0.2) is 0 Å². The molecular weight excluding hydrogens is 230 g/mol. The number of ether oxygens (including phenoxy) is 1. The van der Waals surface area contributed by atoms with Crippen molar-refractivity contribution in [1.82, 2.24) is 5.32 Å². The van der Waals surface area contributed by atoms with Gasteiger partial charge in [0.15, 0.2) is 9.84 Å². The van der Waals surface area contributed by atoms with Gasteiger partial charge >= 0.3 is 5.97 Å². The van der Waals surface area contributed by atoms with E-state index in [0.717, 1.165) is 0 Å². The highest BCUT2D eigenvalue weighted by atomic mass is 32.2. The zero-order valence-corrected chi connectivity index (χ0v) is 11.1. The summed E-state index contributed by atoms with van der Waals surface area (Å²) in [5.74, 6) is -0.329. The van der Waals surface area contributed by atoms with Crippen LogP contribution in [0.5, 0.6) is 0 Å². The van der Waals surface area contributed by atoms with Gasteiger partial charge in [0.25, 0.3) is 0 Å². The summed E-state index contributed by atoms with van der Waals surface area (Å²) < 4.78 is 27.0. The van der Waals surface area contributed by atoms with Crippen LogP contribution in [0.25, 0.3) is 0 Å². The summed E-state index contributed by atoms with van der Waals surface area (Å²) >= 11 is 0. The second-order valence-electron chi connectivity index (χ2n) is 3.79. The van der Waals surface area contributed by atoms with Crippen LogP contribution in [-0.2, 0) is 19.4 Å². The van der Waals surface area contributed by atoms with E-state index in [4.69, 9.17) is 0 Å². The van der Waals surface area contributed by atoms with E-state index in [9.17, 15) is 13.2 Å². The molecule has 0 aromatic rings. The van der Waals surface area contributed by atoms with Gasteiger partial charge in [0.05, 0.1) is 18.8 Å². The van der Waals surface area contributed by atoms with E-state index < -0.39 is 9.84 Å². The highest BCUT2D eigenvalue weighted by molar-refractivity contribution is 7.91. The van der Waals surface area contributed by atoms with Crippen LogP contribution in [0.4, 0.5) is 0 Å². The van der Waals surface area contributed by atoms with E-state index >= 15 is 0 Å². The Morgan fingerprint density at radius 2 is 1.94 bits per heavy atom. The van der Waals surface area contributed by atoms with Gasteiger partial charge in [0.2, 0.25) is 0 Å². The summed E-state index contributed by atoms with van der Waals surface area (Å²) in [5, 5.41) is 3.01. The van der Waals surface area contributed by atoms with Gasteiger partial charge in [-0.15, -0.1) is 0 Å². The minimum absolute atomic E-state index is 0.0977. The summed E-state index contributed by atoms with van der Waals surface area (Å²) in [6.07, 6.45) is 0. The maximum absolute atomic E-state index is 11.2. The number of nitrogens with one attached hydrogen (secondary N) is 1. The molecule has 2 unspecified atom stereocenters. The minimum atomic E-state index is -2.95. The monoisotopic (exact) mass is 251 g/mol. The number of hydrogen-bond acceptors (Lipinski definition) is 5. The van der Waals surface area contributed by atoms with Crippen molar-refractivity contribution < 1.29 is 17.9 Å². The Bertz CT molecular complexity index is 313. The number of esters is 1. The summed E-state index contributed by atoms with van der Waals surface area (Å²) in [7, 11) is -1.60. The van der Waals surface area contributed by atoms with Gasteiger partial charge in [0, 0.05) is 18.3 Å².